The number of carbonyl (C=O) groups is 1. The summed E-state index contributed by atoms with van der Waals surface area (Å²) >= 11 is 1.56. The Morgan fingerprint density at radius 1 is 1.50 bits per heavy atom. The number of thiazole rings is 1. The van der Waals surface area contributed by atoms with Gasteiger partial charge in [-0.2, -0.15) is 0 Å². The number of ether oxygens (including phenoxy) is 1. The lowest BCUT2D eigenvalue weighted by Gasteiger charge is -2.04. The largest absolute Gasteiger partial charge is 0.497 e. The van der Waals surface area contributed by atoms with E-state index in [2.05, 4.69) is 10.3 Å². The van der Waals surface area contributed by atoms with Gasteiger partial charge < -0.3 is 10.1 Å². The third-order valence-electron chi connectivity index (χ3n) is 2.64. The Bertz CT molecular complexity index is 620. The minimum Gasteiger partial charge on any atom is -0.497 e. The lowest BCUT2D eigenvalue weighted by atomic mass is 10.2. The molecule has 2 rings (SSSR count). The zero-order valence-corrected chi connectivity index (χ0v) is 12.2. The number of methoxy groups -OCH3 is 1. The molecule has 0 saturated heterocycles. The second-order valence-electron chi connectivity index (χ2n) is 4.19. The van der Waals surface area contributed by atoms with Gasteiger partial charge in [0.15, 0.2) is 0 Å². The van der Waals surface area contributed by atoms with Crippen LogP contribution >= 0.6 is 11.3 Å². The summed E-state index contributed by atoms with van der Waals surface area (Å²) in [6.07, 6.45) is 3.21. The van der Waals surface area contributed by atoms with Crippen molar-refractivity contribution in [3.05, 3.63) is 52.0 Å². The van der Waals surface area contributed by atoms with E-state index in [1.165, 1.54) is 6.08 Å². The van der Waals surface area contributed by atoms with Gasteiger partial charge in [-0.25, -0.2) is 4.98 Å². The van der Waals surface area contributed by atoms with Gasteiger partial charge in [0.1, 0.15) is 5.75 Å². The molecule has 4 nitrogen and oxygen atoms in total. The number of hydrogen-bond acceptors (Lipinski definition) is 4. The molecule has 20 heavy (non-hydrogen) atoms. The fraction of sp³-hybridized carbons (Fsp3) is 0.200. The minimum atomic E-state index is -0.140. The predicted molar refractivity (Wildman–Crippen MR) is 80.7 cm³/mol. The van der Waals surface area contributed by atoms with Crippen LogP contribution in [0.4, 0.5) is 0 Å². The fourth-order valence-corrected chi connectivity index (χ4v) is 2.23. The highest BCUT2D eigenvalue weighted by Gasteiger charge is 1.99. The first-order valence-corrected chi connectivity index (χ1v) is 7.06. The summed E-state index contributed by atoms with van der Waals surface area (Å²) in [7, 11) is 1.62. The van der Waals surface area contributed by atoms with Crippen LogP contribution in [0.3, 0.4) is 0 Å². The van der Waals surface area contributed by atoms with Crippen molar-refractivity contribution >= 4 is 23.3 Å². The molecule has 104 valence electrons. The van der Waals surface area contributed by atoms with Gasteiger partial charge in [0.25, 0.3) is 0 Å². The van der Waals surface area contributed by atoms with Crippen LogP contribution in [-0.4, -0.2) is 18.0 Å². The molecule has 1 heterocycles. The number of hydrogen-bond donors (Lipinski definition) is 1. The van der Waals surface area contributed by atoms with Crippen LogP contribution in [0.15, 0.2) is 35.7 Å². The Hall–Kier alpha value is -2.14. The van der Waals surface area contributed by atoms with Crippen molar-refractivity contribution in [2.24, 2.45) is 0 Å². The van der Waals surface area contributed by atoms with E-state index in [4.69, 9.17) is 4.74 Å². The summed E-state index contributed by atoms with van der Waals surface area (Å²) in [6.45, 7) is 2.40. The quantitative estimate of drug-likeness (QED) is 0.861. The first-order valence-electron chi connectivity index (χ1n) is 6.18. The van der Waals surface area contributed by atoms with Crippen LogP contribution in [0.25, 0.3) is 6.08 Å². The monoisotopic (exact) mass is 288 g/mol. The van der Waals surface area contributed by atoms with Gasteiger partial charge in [-0.1, -0.05) is 12.1 Å². The second kappa shape index (κ2) is 6.86. The normalized spacial score (nSPS) is 10.7. The van der Waals surface area contributed by atoms with Crippen LogP contribution in [0.2, 0.25) is 0 Å². The first-order chi connectivity index (χ1) is 9.67. The number of amides is 1. The van der Waals surface area contributed by atoms with Crippen LogP contribution in [0, 0.1) is 6.92 Å². The molecule has 1 amide bonds. The molecular weight excluding hydrogens is 272 g/mol. The van der Waals surface area contributed by atoms with Crippen LogP contribution in [-0.2, 0) is 11.3 Å². The number of nitrogens with one attached hydrogen (secondary N) is 1. The second-order valence-corrected chi connectivity index (χ2v) is 5.26. The average molecular weight is 288 g/mol. The maximum Gasteiger partial charge on any atom is 0.244 e. The number of aromatic nitrogens is 1. The summed E-state index contributed by atoms with van der Waals surface area (Å²) in [5, 5.41) is 5.73. The standard InChI is InChI=1S/C15H16N2O2S/c1-11-17-13(10-20-11)6-7-15(18)16-9-12-4-3-5-14(8-12)19-2/h3-8,10H,9H2,1-2H3,(H,16,18). The van der Waals surface area contributed by atoms with Crippen molar-refractivity contribution < 1.29 is 9.53 Å². The van der Waals surface area contributed by atoms with Crippen molar-refractivity contribution in [3.8, 4) is 5.75 Å². The highest BCUT2D eigenvalue weighted by atomic mass is 32.1. The fourth-order valence-electron chi connectivity index (χ4n) is 1.65. The maximum atomic E-state index is 11.7. The lowest BCUT2D eigenvalue weighted by molar-refractivity contribution is -0.116. The molecular formula is C15H16N2O2S. The zero-order valence-electron chi connectivity index (χ0n) is 11.4. The third kappa shape index (κ3) is 4.20. The Kier molecular flexibility index (Phi) is 4.90. The van der Waals surface area contributed by atoms with E-state index < -0.39 is 0 Å². The molecule has 1 aromatic carbocycles. The Labute approximate surface area is 122 Å². The van der Waals surface area contributed by atoms with Crippen LogP contribution in [0.5, 0.6) is 5.75 Å². The molecule has 0 radical (unpaired) electrons. The number of aryl methyl sites for hydroxylation is 1. The third-order valence-corrected chi connectivity index (χ3v) is 3.43. The van der Waals surface area contributed by atoms with Gasteiger partial charge in [0.2, 0.25) is 5.91 Å². The van der Waals surface area contributed by atoms with Crippen LogP contribution in [0.1, 0.15) is 16.3 Å². The highest BCUT2D eigenvalue weighted by Crippen LogP contribution is 2.12. The molecule has 0 bridgehead atoms. The molecule has 0 saturated carbocycles. The molecule has 2 aromatic rings. The minimum absolute atomic E-state index is 0.140. The molecule has 1 N–H and O–H groups in total. The van der Waals surface area contributed by atoms with Gasteiger partial charge in [-0.15, -0.1) is 11.3 Å². The Balaban J connectivity index is 1.87. The maximum absolute atomic E-state index is 11.7. The van der Waals surface area contributed by atoms with Gasteiger partial charge in [-0.3, -0.25) is 4.79 Å². The van der Waals surface area contributed by atoms with Crippen molar-refractivity contribution in [1.29, 1.82) is 0 Å². The van der Waals surface area contributed by atoms with E-state index >= 15 is 0 Å². The predicted octanol–water partition coefficient (Wildman–Crippen LogP) is 2.79. The van der Waals surface area contributed by atoms with Gasteiger partial charge in [-0.05, 0) is 30.7 Å². The van der Waals surface area contributed by atoms with Crippen molar-refractivity contribution in [1.82, 2.24) is 10.3 Å². The van der Waals surface area contributed by atoms with Gasteiger partial charge in [0, 0.05) is 18.0 Å². The van der Waals surface area contributed by atoms with E-state index in [1.54, 1.807) is 24.5 Å². The van der Waals surface area contributed by atoms with Crippen molar-refractivity contribution in [3.63, 3.8) is 0 Å². The number of carbonyl (C=O) groups excluding carboxylic acids is 1. The van der Waals surface area contributed by atoms with E-state index in [-0.39, 0.29) is 5.91 Å². The molecule has 0 aliphatic carbocycles. The molecule has 5 heteroatoms. The molecule has 1 aromatic heterocycles. The topological polar surface area (TPSA) is 51.2 Å². The highest BCUT2D eigenvalue weighted by molar-refractivity contribution is 7.09. The van der Waals surface area contributed by atoms with Crippen LogP contribution < -0.4 is 10.1 Å². The zero-order chi connectivity index (χ0) is 14.4. The average Bonchev–Trinajstić information content (AvgIpc) is 2.89. The molecule has 0 fully saturated rings. The molecule has 0 unspecified atom stereocenters. The van der Waals surface area contributed by atoms with Crippen molar-refractivity contribution in [2.45, 2.75) is 13.5 Å². The van der Waals surface area contributed by atoms with E-state index in [0.717, 1.165) is 22.0 Å². The van der Waals surface area contributed by atoms with E-state index in [1.807, 2.05) is 36.6 Å². The molecule has 0 aliphatic rings. The molecule has 0 aliphatic heterocycles. The molecule has 0 spiro atoms. The Morgan fingerprint density at radius 3 is 3.05 bits per heavy atom. The Morgan fingerprint density at radius 2 is 2.35 bits per heavy atom. The summed E-state index contributed by atoms with van der Waals surface area (Å²) < 4.78 is 5.14. The van der Waals surface area contributed by atoms with Crippen molar-refractivity contribution in [2.75, 3.05) is 7.11 Å². The number of benzene rings is 1. The SMILES string of the molecule is COc1cccc(CNC(=O)C=Cc2csc(C)n2)c1. The number of nitrogens with zero attached hydrogens (tertiary/aromatic N) is 1. The number of rotatable bonds is 5. The summed E-state index contributed by atoms with van der Waals surface area (Å²) in [5.74, 6) is 0.642. The van der Waals surface area contributed by atoms with Gasteiger partial charge >= 0.3 is 0 Å². The lowest BCUT2D eigenvalue weighted by Crippen LogP contribution is -2.20. The van der Waals surface area contributed by atoms with E-state index in [0.29, 0.717) is 6.54 Å². The summed E-state index contributed by atoms with van der Waals surface area (Å²) in [4.78, 5) is 16.0. The smallest absolute Gasteiger partial charge is 0.244 e. The molecule has 0 atom stereocenters. The first kappa shape index (κ1) is 14.3. The summed E-state index contributed by atoms with van der Waals surface area (Å²) in [5.41, 5.74) is 1.81. The summed E-state index contributed by atoms with van der Waals surface area (Å²) in [6, 6.07) is 7.61. The van der Waals surface area contributed by atoms with E-state index in [9.17, 15) is 4.79 Å². The van der Waals surface area contributed by atoms with Gasteiger partial charge in [0.05, 0.1) is 17.8 Å².